The number of rotatable bonds is 12. The highest BCUT2D eigenvalue weighted by molar-refractivity contribution is 7.91. The number of nitrogens with one attached hydrogen (secondary N) is 1. The van der Waals surface area contributed by atoms with Crippen LogP contribution in [0.5, 0.6) is 11.5 Å². The normalized spacial score (nSPS) is 11.9. The van der Waals surface area contributed by atoms with Crippen LogP contribution in [0.4, 0.5) is 0 Å². The van der Waals surface area contributed by atoms with Gasteiger partial charge in [-0.3, -0.25) is 9.48 Å². The van der Waals surface area contributed by atoms with Gasteiger partial charge in [-0.15, -0.1) is 0 Å². The van der Waals surface area contributed by atoms with Crippen LogP contribution < -0.4 is 14.8 Å². The third-order valence-corrected chi connectivity index (χ3v) is 7.74. The maximum atomic E-state index is 13.3. The van der Waals surface area contributed by atoms with Gasteiger partial charge in [-0.05, 0) is 61.7 Å². The van der Waals surface area contributed by atoms with Crippen LogP contribution in [-0.2, 0) is 27.6 Å². The van der Waals surface area contributed by atoms with Crippen LogP contribution in [0.25, 0.3) is 5.57 Å². The Morgan fingerprint density at radius 2 is 1.76 bits per heavy atom. The number of benzene rings is 2. The number of aliphatic carboxylic acids is 1. The number of carbonyl (C=O) groups is 1. The first-order valence-electron chi connectivity index (χ1n) is 11.8. The molecular formula is C27H33N3O6S. The molecular weight excluding hydrogens is 494 g/mol. The van der Waals surface area contributed by atoms with Gasteiger partial charge in [-0.2, -0.15) is 5.10 Å². The van der Waals surface area contributed by atoms with Crippen LogP contribution in [-0.4, -0.2) is 55.8 Å². The highest BCUT2D eigenvalue weighted by atomic mass is 32.2. The van der Waals surface area contributed by atoms with E-state index in [1.807, 2.05) is 13.8 Å². The Labute approximate surface area is 217 Å². The summed E-state index contributed by atoms with van der Waals surface area (Å²) in [6, 6.07) is 12.0. The second kappa shape index (κ2) is 12.0. The lowest BCUT2D eigenvalue weighted by Gasteiger charge is -2.14. The zero-order chi connectivity index (χ0) is 27.2. The number of ether oxygens (including phenoxy) is 2. The van der Waals surface area contributed by atoms with Crippen molar-refractivity contribution >= 4 is 21.4 Å². The minimum atomic E-state index is -3.66. The number of hydrogen-bond donors (Lipinski definition) is 2. The molecule has 0 atom stereocenters. The third kappa shape index (κ3) is 6.71. The molecule has 0 bridgehead atoms. The molecule has 37 heavy (non-hydrogen) atoms. The lowest BCUT2D eigenvalue weighted by molar-refractivity contribution is -0.136. The fourth-order valence-electron chi connectivity index (χ4n) is 4.03. The fourth-order valence-corrected chi connectivity index (χ4v) is 5.40. The molecule has 3 rings (SSSR count). The Morgan fingerprint density at radius 3 is 2.35 bits per heavy atom. The van der Waals surface area contributed by atoms with Crippen molar-refractivity contribution in [2.45, 2.75) is 38.6 Å². The molecule has 0 saturated carbocycles. The van der Waals surface area contributed by atoms with Gasteiger partial charge in [0.15, 0.2) is 21.3 Å². The maximum absolute atomic E-state index is 13.3. The Hall–Kier alpha value is -3.79. The lowest BCUT2D eigenvalue weighted by Crippen LogP contribution is -2.13. The largest absolute Gasteiger partial charge is 0.493 e. The number of aryl methyl sites for hydroxylation is 1. The summed E-state index contributed by atoms with van der Waals surface area (Å²) in [7, 11) is -0.574. The molecule has 1 heterocycles. The van der Waals surface area contributed by atoms with Crippen LogP contribution in [0.1, 0.15) is 35.0 Å². The Kier molecular flexibility index (Phi) is 8.99. The van der Waals surface area contributed by atoms with Gasteiger partial charge >= 0.3 is 5.97 Å². The highest BCUT2D eigenvalue weighted by Gasteiger charge is 2.20. The molecule has 0 saturated heterocycles. The number of nitrogens with zero attached hydrogens (tertiary/aromatic N) is 2. The van der Waals surface area contributed by atoms with Crippen LogP contribution in [0.15, 0.2) is 53.6 Å². The average molecular weight is 528 g/mol. The Balaban J connectivity index is 1.83. The van der Waals surface area contributed by atoms with E-state index in [-0.39, 0.29) is 17.1 Å². The van der Waals surface area contributed by atoms with Gasteiger partial charge in [0, 0.05) is 24.0 Å². The molecule has 3 aromatic rings. The SMILES string of the molecule is CCNC=C(CS(=O)(=O)c1ccc(Cn2nc(C)c(CC(=O)O)c2C)cc1)c1ccc(OC)c(OC)c1. The van der Waals surface area contributed by atoms with Gasteiger partial charge < -0.3 is 19.9 Å². The van der Waals surface area contributed by atoms with Crippen molar-refractivity contribution in [3.05, 3.63) is 76.7 Å². The molecule has 10 heteroatoms. The average Bonchev–Trinajstić information content (AvgIpc) is 3.13. The molecule has 0 fully saturated rings. The van der Waals surface area contributed by atoms with Crippen LogP contribution >= 0.6 is 0 Å². The van der Waals surface area contributed by atoms with E-state index < -0.39 is 15.8 Å². The first-order valence-corrected chi connectivity index (χ1v) is 13.5. The second-order valence-corrected chi connectivity index (χ2v) is 10.6. The summed E-state index contributed by atoms with van der Waals surface area (Å²) in [6.07, 6.45) is 1.63. The summed E-state index contributed by atoms with van der Waals surface area (Å²) in [4.78, 5) is 11.4. The Bertz CT molecular complexity index is 1390. The molecule has 9 nitrogen and oxygen atoms in total. The number of sulfone groups is 1. The lowest BCUT2D eigenvalue weighted by atomic mass is 10.1. The minimum absolute atomic E-state index is 0.0857. The third-order valence-electron chi connectivity index (χ3n) is 6.05. The summed E-state index contributed by atoms with van der Waals surface area (Å²) < 4.78 is 39.1. The van der Waals surface area contributed by atoms with Gasteiger partial charge in [-0.1, -0.05) is 18.2 Å². The van der Waals surface area contributed by atoms with E-state index in [9.17, 15) is 13.2 Å². The van der Waals surface area contributed by atoms with Gasteiger partial charge in [0.2, 0.25) is 0 Å². The van der Waals surface area contributed by atoms with E-state index in [1.54, 1.807) is 67.4 Å². The van der Waals surface area contributed by atoms with Crippen molar-refractivity contribution < 1.29 is 27.8 Å². The molecule has 2 aromatic carbocycles. The number of carboxylic acid groups (broad SMARTS) is 1. The van der Waals surface area contributed by atoms with E-state index >= 15 is 0 Å². The zero-order valence-electron chi connectivity index (χ0n) is 21.7. The van der Waals surface area contributed by atoms with Crippen molar-refractivity contribution in [3.63, 3.8) is 0 Å². The van der Waals surface area contributed by atoms with Crippen molar-refractivity contribution in [2.24, 2.45) is 0 Å². The monoisotopic (exact) mass is 527 g/mol. The number of carboxylic acids is 1. The van der Waals surface area contributed by atoms with E-state index in [2.05, 4.69) is 10.4 Å². The molecule has 0 radical (unpaired) electrons. The summed E-state index contributed by atoms with van der Waals surface area (Å²) >= 11 is 0. The summed E-state index contributed by atoms with van der Waals surface area (Å²) in [5, 5.41) is 16.7. The predicted molar refractivity (Wildman–Crippen MR) is 142 cm³/mol. The van der Waals surface area contributed by atoms with E-state index in [0.717, 1.165) is 11.3 Å². The molecule has 198 valence electrons. The predicted octanol–water partition coefficient (Wildman–Crippen LogP) is 3.62. The summed E-state index contributed by atoms with van der Waals surface area (Å²) in [5.74, 6) is -0.0360. The number of methoxy groups -OCH3 is 2. The summed E-state index contributed by atoms with van der Waals surface area (Å²) in [6.45, 7) is 6.61. The van der Waals surface area contributed by atoms with Crippen molar-refractivity contribution in [1.29, 1.82) is 0 Å². The number of hydrogen-bond acceptors (Lipinski definition) is 7. The zero-order valence-corrected chi connectivity index (χ0v) is 22.6. The van der Waals surface area contributed by atoms with Gasteiger partial charge in [0.1, 0.15) is 0 Å². The van der Waals surface area contributed by atoms with E-state index in [1.165, 1.54) is 7.11 Å². The van der Waals surface area contributed by atoms with E-state index in [4.69, 9.17) is 14.6 Å². The smallest absolute Gasteiger partial charge is 0.307 e. The first-order chi connectivity index (χ1) is 17.6. The summed E-state index contributed by atoms with van der Waals surface area (Å²) in [5.41, 5.74) is 4.32. The van der Waals surface area contributed by atoms with Crippen molar-refractivity contribution in [2.75, 3.05) is 26.5 Å². The maximum Gasteiger partial charge on any atom is 0.307 e. The van der Waals surface area contributed by atoms with Gasteiger partial charge in [0.05, 0.1) is 43.5 Å². The molecule has 0 aliphatic rings. The molecule has 1 aromatic heterocycles. The minimum Gasteiger partial charge on any atom is -0.493 e. The van der Waals surface area contributed by atoms with Crippen molar-refractivity contribution in [3.8, 4) is 11.5 Å². The number of aromatic nitrogens is 2. The fraction of sp³-hybridized carbons (Fsp3) is 0.333. The van der Waals surface area contributed by atoms with E-state index in [0.29, 0.717) is 47.0 Å². The molecule has 0 aliphatic heterocycles. The first kappa shape index (κ1) is 27.8. The van der Waals surface area contributed by atoms with Crippen molar-refractivity contribution in [1.82, 2.24) is 15.1 Å². The van der Waals surface area contributed by atoms with Crippen LogP contribution in [0, 0.1) is 13.8 Å². The van der Waals surface area contributed by atoms with Gasteiger partial charge in [0.25, 0.3) is 0 Å². The highest BCUT2D eigenvalue weighted by Crippen LogP contribution is 2.31. The molecule has 0 amide bonds. The Morgan fingerprint density at radius 1 is 1.08 bits per heavy atom. The topological polar surface area (TPSA) is 120 Å². The van der Waals surface area contributed by atoms with Crippen LogP contribution in [0.2, 0.25) is 0 Å². The molecule has 0 unspecified atom stereocenters. The molecule has 0 aliphatic carbocycles. The van der Waals surface area contributed by atoms with Crippen LogP contribution in [0.3, 0.4) is 0 Å². The molecule has 0 spiro atoms. The molecule has 2 N–H and O–H groups in total. The second-order valence-electron chi connectivity index (χ2n) is 8.58. The standard InChI is InChI=1S/C27H33N3O6S/c1-6-28-15-22(21-9-12-25(35-4)26(13-21)36-5)17-37(33,34)23-10-7-20(8-11-23)16-30-19(3)24(14-27(31)32)18(2)29-30/h7-13,15,28H,6,14,16-17H2,1-5H3,(H,31,32). The quantitative estimate of drug-likeness (QED) is 0.367. The van der Waals surface area contributed by atoms with Gasteiger partial charge in [-0.25, -0.2) is 8.42 Å².